The average molecular weight is 316 g/mol. The van der Waals surface area contributed by atoms with Crippen LogP contribution in [-0.2, 0) is 0 Å². The largest absolute Gasteiger partial charge is 0.0616 e. The quantitative estimate of drug-likeness (QED) is 0.205. The van der Waals surface area contributed by atoms with Crippen LogP contribution < -0.4 is 0 Å². The van der Waals surface area contributed by atoms with Gasteiger partial charge in [-0.3, -0.25) is 0 Å². The van der Waals surface area contributed by atoms with E-state index >= 15 is 0 Å². The van der Waals surface area contributed by atoms with Crippen LogP contribution in [0.1, 0.15) is 5.56 Å². The molecule has 0 N–H and O–H groups in total. The third-order valence-corrected chi connectivity index (χ3v) is 5.68. The van der Waals surface area contributed by atoms with Gasteiger partial charge in [-0.25, -0.2) is 0 Å². The van der Waals surface area contributed by atoms with Crippen molar-refractivity contribution in [3.8, 4) is 0 Å². The number of aryl methyl sites for hydroxylation is 1. The van der Waals surface area contributed by atoms with Crippen LogP contribution in [0.3, 0.4) is 0 Å². The fourth-order valence-electron chi connectivity index (χ4n) is 4.66. The summed E-state index contributed by atoms with van der Waals surface area (Å²) in [5, 5.41) is 13.7. The highest BCUT2D eigenvalue weighted by molar-refractivity contribution is 6.38. The topological polar surface area (TPSA) is 0 Å². The summed E-state index contributed by atoms with van der Waals surface area (Å²) in [7, 11) is 0. The molecule has 116 valence electrons. The smallest absolute Gasteiger partial charge is 0.00114 e. The van der Waals surface area contributed by atoms with E-state index in [1.54, 1.807) is 0 Å². The third kappa shape index (κ3) is 1.57. The van der Waals surface area contributed by atoms with Gasteiger partial charge in [-0.2, -0.15) is 0 Å². The lowest BCUT2D eigenvalue weighted by Crippen LogP contribution is -1.90. The Morgan fingerprint density at radius 2 is 1.08 bits per heavy atom. The first-order valence-electron chi connectivity index (χ1n) is 8.80. The van der Waals surface area contributed by atoms with Gasteiger partial charge in [-0.1, -0.05) is 72.8 Å². The second kappa shape index (κ2) is 4.49. The van der Waals surface area contributed by atoms with E-state index in [1.807, 2.05) is 0 Å². The fraction of sp³-hybridized carbons (Fsp3) is 0.0400. The Kier molecular flexibility index (Phi) is 2.37. The lowest BCUT2D eigenvalue weighted by atomic mass is 9.86. The van der Waals surface area contributed by atoms with Gasteiger partial charge in [0.1, 0.15) is 0 Å². The van der Waals surface area contributed by atoms with E-state index in [2.05, 4.69) is 85.8 Å². The van der Waals surface area contributed by atoms with Crippen molar-refractivity contribution in [2.75, 3.05) is 0 Å². The molecule has 0 fully saturated rings. The minimum Gasteiger partial charge on any atom is -0.0616 e. The maximum Gasteiger partial charge on any atom is -0.00114 e. The number of benzene rings is 6. The molecule has 0 aromatic heterocycles. The normalized spacial score (nSPS) is 12.2. The van der Waals surface area contributed by atoms with E-state index < -0.39 is 0 Å². The zero-order valence-corrected chi connectivity index (χ0v) is 14.0. The summed E-state index contributed by atoms with van der Waals surface area (Å²) in [6.07, 6.45) is 0. The standard InChI is InChI=1S/C25H16/c1-15-6-4-8-17-14-18-13-12-16-7-5-11-20-19-9-2-3-10-21(19)25(22(15)17)24(18)23(16)20/h2-14H,1H3. The van der Waals surface area contributed by atoms with Crippen molar-refractivity contribution in [2.45, 2.75) is 6.92 Å². The average Bonchev–Trinajstić information content (AvgIpc) is 2.66. The summed E-state index contributed by atoms with van der Waals surface area (Å²) >= 11 is 0. The van der Waals surface area contributed by atoms with Gasteiger partial charge in [-0.05, 0) is 72.4 Å². The van der Waals surface area contributed by atoms with Gasteiger partial charge in [0.2, 0.25) is 0 Å². The minimum atomic E-state index is 1.33. The summed E-state index contributed by atoms with van der Waals surface area (Å²) in [4.78, 5) is 0. The molecule has 25 heavy (non-hydrogen) atoms. The van der Waals surface area contributed by atoms with Crippen LogP contribution in [0.2, 0.25) is 0 Å². The van der Waals surface area contributed by atoms with Gasteiger partial charge in [0.25, 0.3) is 0 Å². The number of fused-ring (bicyclic) bond motifs is 5. The third-order valence-electron chi connectivity index (χ3n) is 5.68. The van der Waals surface area contributed by atoms with Crippen molar-refractivity contribution in [1.82, 2.24) is 0 Å². The number of hydrogen-bond acceptors (Lipinski definition) is 0. The predicted molar refractivity (Wildman–Crippen MR) is 110 cm³/mol. The molecule has 0 nitrogen and oxygen atoms in total. The number of rotatable bonds is 0. The van der Waals surface area contributed by atoms with E-state index in [-0.39, 0.29) is 0 Å². The van der Waals surface area contributed by atoms with Gasteiger partial charge in [0, 0.05) is 0 Å². The van der Waals surface area contributed by atoms with Gasteiger partial charge in [0.05, 0.1) is 0 Å². The molecule has 0 heteroatoms. The maximum atomic E-state index is 2.35. The molecule has 0 radical (unpaired) electrons. The first-order chi connectivity index (χ1) is 12.3. The first-order valence-corrected chi connectivity index (χ1v) is 8.80. The molecular formula is C25H16. The van der Waals surface area contributed by atoms with Crippen LogP contribution in [0, 0.1) is 6.92 Å². The van der Waals surface area contributed by atoms with Crippen molar-refractivity contribution in [3.63, 3.8) is 0 Å². The lowest BCUT2D eigenvalue weighted by molar-refractivity contribution is 1.55. The van der Waals surface area contributed by atoms with Gasteiger partial charge in [-0.15, -0.1) is 0 Å². The molecule has 0 bridgehead atoms. The molecule has 0 aliphatic carbocycles. The summed E-state index contributed by atoms with van der Waals surface area (Å²) in [6, 6.07) is 29.1. The molecule has 0 atom stereocenters. The zero-order valence-electron chi connectivity index (χ0n) is 14.0. The first kappa shape index (κ1) is 13.2. The van der Waals surface area contributed by atoms with Crippen molar-refractivity contribution in [2.24, 2.45) is 0 Å². The Morgan fingerprint density at radius 3 is 2.00 bits per heavy atom. The molecular weight excluding hydrogens is 300 g/mol. The van der Waals surface area contributed by atoms with E-state index in [0.717, 1.165) is 0 Å². The summed E-state index contributed by atoms with van der Waals surface area (Å²) in [5.41, 5.74) is 1.35. The van der Waals surface area contributed by atoms with E-state index in [9.17, 15) is 0 Å². The Morgan fingerprint density at radius 1 is 0.440 bits per heavy atom. The summed E-state index contributed by atoms with van der Waals surface area (Å²) < 4.78 is 0. The molecule has 0 saturated heterocycles. The number of hydrogen-bond donors (Lipinski definition) is 0. The molecule has 0 saturated carbocycles. The highest BCUT2D eigenvalue weighted by atomic mass is 14.2. The van der Waals surface area contributed by atoms with Gasteiger partial charge < -0.3 is 0 Å². The molecule has 6 aromatic rings. The molecule has 6 rings (SSSR count). The van der Waals surface area contributed by atoms with E-state index in [4.69, 9.17) is 0 Å². The highest BCUT2D eigenvalue weighted by Crippen LogP contribution is 2.44. The second-order valence-corrected chi connectivity index (χ2v) is 7.04. The van der Waals surface area contributed by atoms with Crippen molar-refractivity contribution >= 4 is 53.9 Å². The molecule has 0 spiro atoms. The van der Waals surface area contributed by atoms with Crippen LogP contribution in [0.5, 0.6) is 0 Å². The van der Waals surface area contributed by atoms with Crippen molar-refractivity contribution in [1.29, 1.82) is 0 Å². The molecule has 0 aliphatic heterocycles. The Labute approximate surface area is 145 Å². The minimum absolute atomic E-state index is 1.33. The van der Waals surface area contributed by atoms with Gasteiger partial charge in [0.15, 0.2) is 0 Å². The second-order valence-electron chi connectivity index (χ2n) is 7.04. The molecule has 0 aliphatic rings. The van der Waals surface area contributed by atoms with Gasteiger partial charge >= 0.3 is 0 Å². The lowest BCUT2D eigenvalue weighted by Gasteiger charge is -2.17. The SMILES string of the molecule is Cc1cccc2cc3ccc4cccc5c6ccccc6c(c12)c3c45. The zero-order chi connectivity index (χ0) is 16.5. The van der Waals surface area contributed by atoms with Crippen LogP contribution in [0.15, 0.2) is 78.9 Å². The highest BCUT2D eigenvalue weighted by Gasteiger charge is 2.16. The molecule has 0 unspecified atom stereocenters. The molecule has 0 amide bonds. The molecule has 6 aromatic carbocycles. The monoisotopic (exact) mass is 316 g/mol. The predicted octanol–water partition coefficient (Wildman–Crippen LogP) is 7.20. The van der Waals surface area contributed by atoms with Crippen LogP contribution in [-0.4, -0.2) is 0 Å². The summed E-state index contributed by atoms with van der Waals surface area (Å²) in [5.74, 6) is 0. The van der Waals surface area contributed by atoms with Crippen LogP contribution in [0.25, 0.3) is 53.9 Å². The Balaban J connectivity index is 2.15. The fourth-order valence-corrected chi connectivity index (χ4v) is 4.66. The van der Waals surface area contributed by atoms with E-state index in [1.165, 1.54) is 59.4 Å². The molecule has 0 heterocycles. The van der Waals surface area contributed by atoms with Crippen molar-refractivity contribution < 1.29 is 0 Å². The Bertz CT molecular complexity index is 1440. The maximum absolute atomic E-state index is 2.35. The Hall–Kier alpha value is -3.12. The van der Waals surface area contributed by atoms with Crippen molar-refractivity contribution in [3.05, 3.63) is 84.4 Å². The summed E-state index contributed by atoms with van der Waals surface area (Å²) in [6.45, 7) is 2.23. The van der Waals surface area contributed by atoms with Crippen LogP contribution >= 0.6 is 0 Å². The van der Waals surface area contributed by atoms with E-state index in [0.29, 0.717) is 0 Å². The van der Waals surface area contributed by atoms with Crippen LogP contribution in [0.4, 0.5) is 0 Å².